The minimum atomic E-state index is -0.986. The average Bonchev–Trinajstić information content (AvgIpc) is 2.94. The van der Waals surface area contributed by atoms with Crippen molar-refractivity contribution in [3.8, 4) is 0 Å². The molecule has 7 heteroatoms. The van der Waals surface area contributed by atoms with Crippen LogP contribution in [0, 0.1) is 0 Å². The number of nitrogens with one attached hydrogen (secondary N) is 2. The first-order valence-electron chi connectivity index (χ1n) is 7.46. The predicted molar refractivity (Wildman–Crippen MR) is 83.2 cm³/mol. The maximum absolute atomic E-state index is 12.4. The molecule has 0 saturated carbocycles. The largest absolute Gasteiger partial charge is 0.481 e. The monoisotopic (exact) mass is 320 g/mol. The van der Waals surface area contributed by atoms with E-state index in [-0.39, 0.29) is 24.8 Å². The lowest BCUT2D eigenvalue weighted by molar-refractivity contribution is -0.138. The second-order valence-corrected chi connectivity index (χ2v) is 5.59. The highest BCUT2D eigenvalue weighted by atomic mass is 16.5. The van der Waals surface area contributed by atoms with Crippen LogP contribution in [0.4, 0.5) is 5.69 Å². The quantitative estimate of drug-likeness (QED) is 0.735. The average molecular weight is 320 g/mol. The molecule has 0 aromatic heterocycles. The van der Waals surface area contributed by atoms with E-state index in [1.165, 1.54) is 0 Å². The summed E-state index contributed by atoms with van der Waals surface area (Å²) in [7, 11) is 0. The van der Waals surface area contributed by atoms with Gasteiger partial charge in [-0.3, -0.25) is 14.4 Å². The lowest BCUT2D eigenvalue weighted by Gasteiger charge is -2.27. The molecule has 3 N–H and O–H groups in total. The normalized spacial score (nSPS) is 20.0. The molecule has 1 fully saturated rings. The van der Waals surface area contributed by atoms with Crippen molar-refractivity contribution in [1.29, 1.82) is 0 Å². The van der Waals surface area contributed by atoms with E-state index in [4.69, 9.17) is 9.84 Å². The molecule has 1 aliphatic rings. The number of carboxylic acid groups (broad SMARTS) is 1. The van der Waals surface area contributed by atoms with Gasteiger partial charge in [-0.25, -0.2) is 0 Å². The number of amides is 2. The summed E-state index contributed by atoms with van der Waals surface area (Å²) in [5.41, 5.74) is 0.000936. The molecule has 1 aromatic rings. The summed E-state index contributed by atoms with van der Waals surface area (Å²) < 4.78 is 5.25. The van der Waals surface area contributed by atoms with Crippen molar-refractivity contribution < 1.29 is 24.2 Å². The third-order valence-electron chi connectivity index (χ3n) is 3.70. The summed E-state index contributed by atoms with van der Waals surface area (Å²) in [6.45, 7) is 2.33. The van der Waals surface area contributed by atoms with Crippen LogP contribution < -0.4 is 10.6 Å². The molecule has 2 rings (SSSR count). The van der Waals surface area contributed by atoms with Gasteiger partial charge in [0, 0.05) is 24.3 Å². The number of aliphatic carboxylic acids is 1. The van der Waals surface area contributed by atoms with Gasteiger partial charge in [-0.2, -0.15) is 0 Å². The fraction of sp³-hybridized carbons (Fsp3) is 0.438. The highest BCUT2D eigenvalue weighted by Gasteiger charge is 2.38. The van der Waals surface area contributed by atoms with Crippen LogP contribution in [0.2, 0.25) is 0 Å². The van der Waals surface area contributed by atoms with E-state index in [1.807, 2.05) is 0 Å². The van der Waals surface area contributed by atoms with Crippen LogP contribution in [0.5, 0.6) is 0 Å². The number of ether oxygens (including phenoxy) is 1. The van der Waals surface area contributed by atoms with E-state index in [1.54, 1.807) is 31.2 Å². The van der Waals surface area contributed by atoms with Gasteiger partial charge in [0.15, 0.2) is 0 Å². The van der Waals surface area contributed by atoms with E-state index in [2.05, 4.69) is 10.6 Å². The number of hydrogen-bond donors (Lipinski definition) is 3. The molecule has 1 atom stereocenters. The summed E-state index contributed by atoms with van der Waals surface area (Å²) in [4.78, 5) is 34.9. The van der Waals surface area contributed by atoms with Gasteiger partial charge in [0.05, 0.1) is 18.6 Å². The fourth-order valence-corrected chi connectivity index (χ4v) is 2.48. The number of anilines is 1. The van der Waals surface area contributed by atoms with Gasteiger partial charge in [-0.15, -0.1) is 0 Å². The summed E-state index contributed by atoms with van der Waals surface area (Å²) in [6.07, 6.45) is 0.609. The number of carbonyl (C=O) groups is 3. The predicted octanol–water partition coefficient (Wildman–Crippen LogP) is 1.40. The molecule has 1 heterocycles. The lowest BCUT2D eigenvalue weighted by atomic mass is 9.93. The van der Waals surface area contributed by atoms with E-state index < -0.39 is 11.5 Å². The van der Waals surface area contributed by atoms with Crippen LogP contribution in [-0.4, -0.2) is 41.6 Å². The Balaban J connectivity index is 2.11. The molecule has 0 radical (unpaired) electrons. The van der Waals surface area contributed by atoms with Crippen molar-refractivity contribution in [2.45, 2.75) is 31.7 Å². The Morgan fingerprint density at radius 3 is 2.74 bits per heavy atom. The van der Waals surface area contributed by atoms with Gasteiger partial charge in [-0.1, -0.05) is 13.0 Å². The van der Waals surface area contributed by atoms with Gasteiger partial charge in [0.2, 0.25) is 5.91 Å². The zero-order valence-corrected chi connectivity index (χ0v) is 12.9. The highest BCUT2D eigenvalue weighted by Crippen LogP contribution is 2.23. The molecule has 2 amide bonds. The third-order valence-corrected chi connectivity index (χ3v) is 3.70. The van der Waals surface area contributed by atoms with Crippen molar-refractivity contribution in [3.05, 3.63) is 29.8 Å². The zero-order valence-electron chi connectivity index (χ0n) is 12.9. The molecule has 0 spiro atoms. The minimum Gasteiger partial charge on any atom is -0.481 e. The number of benzene rings is 1. The first-order valence-corrected chi connectivity index (χ1v) is 7.46. The summed E-state index contributed by atoms with van der Waals surface area (Å²) in [6, 6.07) is 6.53. The van der Waals surface area contributed by atoms with Crippen molar-refractivity contribution in [3.63, 3.8) is 0 Å². The SMILES string of the molecule is CCC(=O)Nc1cccc(C(=O)NC2(CC(=O)O)CCOC2)c1. The van der Waals surface area contributed by atoms with Crippen molar-refractivity contribution in [2.24, 2.45) is 0 Å². The Bertz CT molecular complexity index is 608. The van der Waals surface area contributed by atoms with Crippen LogP contribution in [0.15, 0.2) is 24.3 Å². The van der Waals surface area contributed by atoms with Crippen LogP contribution in [0.3, 0.4) is 0 Å². The molecular formula is C16H20N2O5. The Morgan fingerprint density at radius 1 is 1.35 bits per heavy atom. The second kappa shape index (κ2) is 7.23. The third kappa shape index (κ3) is 4.53. The van der Waals surface area contributed by atoms with Crippen molar-refractivity contribution in [2.75, 3.05) is 18.5 Å². The Labute approximate surface area is 134 Å². The van der Waals surface area contributed by atoms with Crippen LogP contribution >= 0.6 is 0 Å². The Hall–Kier alpha value is -2.41. The number of hydrogen-bond acceptors (Lipinski definition) is 4. The van der Waals surface area contributed by atoms with E-state index >= 15 is 0 Å². The maximum Gasteiger partial charge on any atom is 0.305 e. The maximum atomic E-state index is 12.4. The summed E-state index contributed by atoms with van der Waals surface area (Å²) in [5, 5.41) is 14.5. The fourth-order valence-electron chi connectivity index (χ4n) is 2.48. The number of carbonyl (C=O) groups excluding carboxylic acids is 2. The van der Waals surface area contributed by atoms with E-state index in [0.717, 1.165) is 0 Å². The molecule has 1 unspecified atom stereocenters. The van der Waals surface area contributed by atoms with Crippen LogP contribution in [0.1, 0.15) is 36.5 Å². The molecule has 7 nitrogen and oxygen atoms in total. The molecule has 23 heavy (non-hydrogen) atoms. The topological polar surface area (TPSA) is 105 Å². The molecular weight excluding hydrogens is 300 g/mol. The number of rotatable bonds is 6. The smallest absolute Gasteiger partial charge is 0.305 e. The van der Waals surface area contributed by atoms with E-state index in [0.29, 0.717) is 30.7 Å². The first kappa shape index (κ1) is 17.0. The molecule has 0 bridgehead atoms. The number of carboxylic acids is 1. The molecule has 0 aliphatic carbocycles. The molecule has 1 saturated heterocycles. The Kier molecular flexibility index (Phi) is 5.33. The van der Waals surface area contributed by atoms with Gasteiger partial charge < -0.3 is 20.5 Å². The summed E-state index contributed by atoms with van der Waals surface area (Å²) >= 11 is 0. The molecule has 124 valence electrons. The Morgan fingerprint density at radius 2 is 2.13 bits per heavy atom. The van der Waals surface area contributed by atoms with Crippen molar-refractivity contribution in [1.82, 2.24) is 5.32 Å². The molecule has 1 aliphatic heterocycles. The van der Waals surface area contributed by atoms with Gasteiger partial charge in [-0.05, 0) is 24.6 Å². The zero-order chi connectivity index (χ0) is 16.9. The van der Waals surface area contributed by atoms with Gasteiger partial charge in [0.1, 0.15) is 0 Å². The van der Waals surface area contributed by atoms with Crippen LogP contribution in [0.25, 0.3) is 0 Å². The highest BCUT2D eigenvalue weighted by molar-refractivity contribution is 5.97. The van der Waals surface area contributed by atoms with Gasteiger partial charge >= 0.3 is 5.97 Å². The van der Waals surface area contributed by atoms with Crippen LogP contribution in [-0.2, 0) is 14.3 Å². The van der Waals surface area contributed by atoms with Gasteiger partial charge in [0.25, 0.3) is 5.91 Å². The molecule has 1 aromatic carbocycles. The first-order chi connectivity index (χ1) is 10.9. The summed E-state index contributed by atoms with van der Waals surface area (Å²) in [5.74, 6) is -1.52. The van der Waals surface area contributed by atoms with Crippen molar-refractivity contribution >= 4 is 23.5 Å². The standard InChI is InChI=1S/C16H20N2O5/c1-2-13(19)17-12-5-3-4-11(8-12)15(22)18-16(9-14(20)21)6-7-23-10-16/h3-5,8H,2,6-7,9-10H2,1H3,(H,17,19)(H,18,22)(H,20,21). The lowest BCUT2D eigenvalue weighted by Crippen LogP contribution is -2.50. The second-order valence-electron chi connectivity index (χ2n) is 5.59. The van der Waals surface area contributed by atoms with E-state index in [9.17, 15) is 14.4 Å². The minimum absolute atomic E-state index is 0.144.